The lowest BCUT2D eigenvalue weighted by Gasteiger charge is -2.24. The van der Waals surface area contributed by atoms with Crippen LogP contribution in [-0.2, 0) is 0 Å². The Labute approximate surface area is 118 Å². The van der Waals surface area contributed by atoms with Crippen LogP contribution in [0.3, 0.4) is 0 Å². The normalized spacial score (nSPS) is 13.4. The molecule has 1 heterocycles. The Morgan fingerprint density at radius 2 is 2.15 bits per heavy atom. The monoisotopic (exact) mass is 272 g/mol. The Morgan fingerprint density at radius 3 is 2.85 bits per heavy atom. The van der Waals surface area contributed by atoms with E-state index in [1.165, 1.54) is 0 Å². The van der Waals surface area contributed by atoms with Gasteiger partial charge in [-0.25, -0.2) is 0 Å². The van der Waals surface area contributed by atoms with Crippen molar-refractivity contribution in [3.8, 4) is 0 Å². The van der Waals surface area contributed by atoms with E-state index in [1.54, 1.807) is 0 Å². The predicted molar refractivity (Wildman–Crippen MR) is 82.3 cm³/mol. The van der Waals surface area contributed by atoms with Gasteiger partial charge in [-0.3, -0.25) is 4.98 Å². The van der Waals surface area contributed by atoms with Crippen LogP contribution in [0.1, 0.15) is 12.6 Å². The smallest absolute Gasteiger partial charge is 0.143 e. The van der Waals surface area contributed by atoms with Crippen LogP contribution in [0, 0.1) is 12.8 Å². The summed E-state index contributed by atoms with van der Waals surface area (Å²) in [6, 6.07) is 10.1. The molecule has 0 saturated carbocycles. The van der Waals surface area contributed by atoms with Crippen molar-refractivity contribution < 1.29 is 5.21 Å². The molecule has 106 valence electrons. The van der Waals surface area contributed by atoms with Crippen LogP contribution in [0.5, 0.6) is 0 Å². The average molecular weight is 272 g/mol. The topological polar surface area (TPSA) is 74.7 Å². The Bertz CT molecular complexity index is 639. The molecular weight excluding hydrogens is 252 g/mol. The number of oxime groups is 1. The number of hydrogen-bond donors (Lipinski definition) is 2. The Hall–Kier alpha value is -2.30. The molecule has 20 heavy (non-hydrogen) atoms. The van der Waals surface area contributed by atoms with Crippen molar-refractivity contribution in [1.82, 2.24) is 4.98 Å². The van der Waals surface area contributed by atoms with Crippen LogP contribution in [0.25, 0.3) is 10.9 Å². The molecule has 0 fully saturated rings. The van der Waals surface area contributed by atoms with E-state index in [-0.39, 0.29) is 11.8 Å². The molecule has 1 unspecified atom stereocenters. The predicted octanol–water partition coefficient (Wildman–Crippen LogP) is 2.36. The number of nitrogens with two attached hydrogens (primary N) is 1. The lowest BCUT2D eigenvalue weighted by Crippen LogP contribution is -2.32. The molecule has 0 aliphatic heterocycles. The molecule has 5 heteroatoms. The summed E-state index contributed by atoms with van der Waals surface area (Å²) in [7, 11) is 2.00. The number of nitrogens with zero attached hydrogens (tertiary/aromatic N) is 3. The van der Waals surface area contributed by atoms with E-state index in [0.717, 1.165) is 22.3 Å². The molecule has 1 atom stereocenters. The molecule has 0 aliphatic rings. The number of para-hydroxylation sites is 1. The first-order chi connectivity index (χ1) is 9.52. The van der Waals surface area contributed by atoms with Crippen molar-refractivity contribution in [3.63, 3.8) is 0 Å². The molecule has 2 rings (SSSR count). The van der Waals surface area contributed by atoms with E-state index in [2.05, 4.69) is 27.2 Å². The number of fused-ring (bicyclic) bond motifs is 1. The number of pyridine rings is 1. The Balaban J connectivity index is 2.37. The minimum absolute atomic E-state index is 0.0303. The van der Waals surface area contributed by atoms with Crippen LogP contribution in [0.4, 0.5) is 5.69 Å². The molecule has 0 aliphatic carbocycles. The maximum atomic E-state index is 8.74. The molecular formula is C15H20N4O. The highest BCUT2D eigenvalue weighted by atomic mass is 16.4. The zero-order valence-corrected chi connectivity index (χ0v) is 12.0. The summed E-state index contributed by atoms with van der Waals surface area (Å²) in [5, 5.41) is 12.9. The largest absolute Gasteiger partial charge is 0.409 e. The van der Waals surface area contributed by atoms with Gasteiger partial charge in [0.05, 0.1) is 5.52 Å². The first-order valence-electron chi connectivity index (χ1n) is 6.58. The second-order valence-corrected chi connectivity index (χ2v) is 5.11. The highest BCUT2D eigenvalue weighted by molar-refractivity contribution is 5.92. The third kappa shape index (κ3) is 2.82. The number of rotatable bonds is 4. The highest BCUT2D eigenvalue weighted by Gasteiger charge is 2.14. The van der Waals surface area contributed by atoms with Crippen LogP contribution < -0.4 is 10.6 Å². The van der Waals surface area contributed by atoms with Gasteiger partial charge in [0.15, 0.2) is 0 Å². The zero-order valence-electron chi connectivity index (χ0n) is 12.0. The molecule has 0 spiro atoms. The van der Waals surface area contributed by atoms with Gasteiger partial charge in [0.25, 0.3) is 0 Å². The van der Waals surface area contributed by atoms with Crippen molar-refractivity contribution in [2.75, 3.05) is 18.5 Å². The summed E-state index contributed by atoms with van der Waals surface area (Å²) >= 11 is 0. The summed E-state index contributed by atoms with van der Waals surface area (Å²) in [6.07, 6.45) is 0. The van der Waals surface area contributed by atoms with Gasteiger partial charge in [0.1, 0.15) is 5.84 Å². The third-order valence-electron chi connectivity index (χ3n) is 3.40. The lowest BCUT2D eigenvalue weighted by atomic mass is 10.1. The minimum atomic E-state index is -0.0303. The van der Waals surface area contributed by atoms with E-state index in [4.69, 9.17) is 10.9 Å². The van der Waals surface area contributed by atoms with Crippen molar-refractivity contribution in [2.45, 2.75) is 13.8 Å². The van der Waals surface area contributed by atoms with Gasteiger partial charge < -0.3 is 15.8 Å². The molecule has 0 amide bonds. The molecule has 0 bridgehead atoms. The summed E-state index contributed by atoms with van der Waals surface area (Å²) in [6.45, 7) is 4.59. The van der Waals surface area contributed by atoms with E-state index in [1.807, 2.05) is 39.1 Å². The second-order valence-electron chi connectivity index (χ2n) is 5.11. The summed E-state index contributed by atoms with van der Waals surface area (Å²) in [5.41, 5.74) is 8.70. The molecule has 1 aromatic heterocycles. The third-order valence-corrected chi connectivity index (χ3v) is 3.40. The zero-order chi connectivity index (χ0) is 14.7. The molecule has 1 aromatic carbocycles. The number of amidine groups is 1. The molecule has 3 N–H and O–H groups in total. The van der Waals surface area contributed by atoms with Crippen LogP contribution in [0.2, 0.25) is 0 Å². The van der Waals surface area contributed by atoms with Gasteiger partial charge in [0.2, 0.25) is 0 Å². The fraction of sp³-hybridized carbons (Fsp3) is 0.333. The molecule has 0 saturated heterocycles. The molecule has 0 radical (unpaired) electrons. The first-order valence-corrected chi connectivity index (χ1v) is 6.58. The Kier molecular flexibility index (Phi) is 4.08. The van der Waals surface area contributed by atoms with Gasteiger partial charge in [-0.2, -0.15) is 0 Å². The van der Waals surface area contributed by atoms with Crippen molar-refractivity contribution in [3.05, 3.63) is 36.0 Å². The maximum absolute atomic E-state index is 8.74. The SMILES string of the molecule is Cc1cc(N(C)CC(C)C(N)=NO)c2ccccc2n1. The fourth-order valence-corrected chi connectivity index (χ4v) is 2.30. The maximum Gasteiger partial charge on any atom is 0.143 e. The van der Waals surface area contributed by atoms with Crippen LogP contribution >= 0.6 is 0 Å². The van der Waals surface area contributed by atoms with Crippen molar-refractivity contribution in [2.24, 2.45) is 16.8 Å². The van der Waals surface area contributed by atoms with Crippen LogP contribution in [-0.4, -0.2) is 29.6 Å². The first kappa shape index (κ1) is 14.1. The molecule has 2 aromatic rings. The van der Waals surface area contributed by atoms with Gasteiger partial charge in [-0.1, -0.05) is 30.3 Å². The van der Waals surface area contributed by atoms with Gasteiger partial charge in [0, 0.05) is 36.3 Å². The number of aromatic nitrogens is 1. The van der Waals surface area contributed by atoms with Crippen LogP contribution in [0.15, 0.2) is 35.5 Å². The number of hydrogen-bond acceptors (Lipinski definition) is 4. The van der Waals surface area contributed by atoms with E-state index in [0.29, 0.717) is 6.54 Å². The summed E-state index contributed by atoms with van der Waals surface area (Å²) in [4.78, 5) is 6.64. The standard InChI is InChI=1S/C15H20N4O/c1-10(15(16)18-20)9-19(3)14-8-11(2)17-13-7-5-4-6-12(13)14/h4-8,10,20H,9H2,1-3H3,(H2,16,18). The van der Waals surface area contributed by atoms with Gasteiger partial charge in [-0.15, -0.1) is 0 Å². The van der Waals surface area contributed by atoms with Crippen molar-refractivity contribution in [1.29, 1.82) is 0 Å². The Morgan fingerprint density at radius 1 is 1.45 bits per heavy atom. The highest BCUT2D eigenvalue weighted by Crippen LogP contribution is 2.26. The van der Waals surface area contributed by atoms with E-state index < -0.39 is 0 Å². The van der Waals surface area contributed by atoms with E-state index in [9.17, 15) is 0 Å². The van der Waals surface area contributed by atoms with Crippen molar-refractivity contribution >= 4 is 22.4 Å². The van der Waals surface area contributed by atoms with E-state index >= 15 is 0 Å². The minimum Gasteiger partial charge on any atom is -0.409 e. The summed E-state index contributed by atoms with van der Waals surface area (Å²) in [5.74, 6) is 0.212. The fourth-order valence-electron chi connectivity index (χ4n) is 2.30. The van der Waals surface area contributed by atoms with Gasteiger partial charge >= 0.3 is 0 Å². The number of aryl methyl sites for hydroxylation is 1. The molecule has 5 nitrogen and oxygen atoms in total. The quantitative estimate of drug-likeness (QED) is 0.388. The second kappa shape index (κ2) is 5.77. The number of benzene rings is 1. The average Bonchev–Trinajstić information content (AvgIpc) is 2.45. The number of anilines is 1. The lowest BCUT2D eigenvalue weighted by molar-refractivity contribution is 0.314. The summed E-state index contributed by atoms with van der Waals surface area (Å²) < 4.78 is 0. The van der Waals surface area contributed by atoms with Gasteiger partial charge in [-0.05, 0) is 19.1 Å².